The quantitative estimate of drug-likeness (QED) is 0.834. The number of carboxylic acids is 1. The van der Waals surface area contributed by atoms with Crippen LogP contribution in [0.1, 0.15) is 6.42 Å². The van der Waals surface area contributed by atoms with Crippen LogP contribution < -0.4 is 0 Å². The second-order valence-electron chi connectivity index (χ2n) is 3.19. The van der Waals surface area contributed by atoms with Gasteiger partial charge in [0, 0.05) is 6.54 Å². The lowest BCUT2D eigenvalue weighted by molar-refractivity contribution is -0.137. The summed E-state index contributed by atoms with van der Waals surface area (Å²) in [5.41, 5.74) is 0.902. The van der Waals surface area contributed by atoms with Crippen LogP contribution in [0.5, 0.6) is 0 Å². The number of carbonyl (C=O) groups is 1. The van der Waals surface area contributed by atoms with Crippen molar-refractivity contribution in [2.24, 2.45) is 0 Å². The van der Waals surface area contributed by atoms with Crippen molar-refractivity contribution < 1.29 is 14.3 Å². The van der Waals surface area contributed by atoms with Crippen LogP contribution in [-0.2, 0) is 11.3 Å². The molecule has 1 heterocycles. The summed E-state index contributed by atoms with van der Waals surface area (Å²) < 4.78 is 14.8. The van der Waals surface area contributed by atoms with E-state index in [0.29, 0.717) is 12.1 Å². The van der Waals surface area contributed by atoms with Gasteiger partial charge in [-0.1, -0.05) is 6.07 Å². The van der Waals surface area contributed by atoms with E-state index in [2.05, 4.69) is 4.98 Å². The maximum absolute atomic E-state index is 13.2. The molecule has 0 atom stereocenters. The maximum Gasteiger partial charge on any atom is 0.305 e. The fourth-order valence-electron chi connectivity index (χ4n) is 1.45. The highest BCUT2D eigenvalue weighted by molar-refractivity contribution is 5.76. The molecule has 0 fully saturated rings. The van der Waals surface area contributed by atoms with E-state index in [4.69, 9.17) is 5.11 Å². The number of nitrogens with zero attached hydrogens (tertiary/aromatic N) is 2. The van der Waals surface area contributed by atoms with E-state index in [0.717, 1.165) is 0 Å². The smallest absolute Gasteiger partial charge is 0.305 e. The van der Waals surface area contributed by atoms with Crippen LogP contribution in [0.25, 0.3) is 11.0 Å². The zero-order valence-electron chi connectivity index (χ0n) is 7.85. The van der Waals surface area contributed by atoms with Gasteiger partial charge in [-0.05, 0) is 12.1 Å². The number of rotatable bonds is 3. The molecule has 1 aromatic heterocycles. The van der Waals surface area contributed by atoms with Crippen LogP contribution in [-0.4, -0.2) is 20.6 Å². The molecule has 0 bridgehead atoms. The van der Waals surface area contributed by atoms with Crippen LogP contribution in [0.15, 0.2) is 24.5 Å². The Bertz CT molecular complexity index is 507. The number of imidazole rings is 1. The average Bonchev–Trinajstić information content (AvgIpc) is 2.59. The van der Waals surface area contributed by atoms with E-state index in [1.807, 2.05) is 0 Å². The molecule has 0 radical (unpaired) electrons. The van der Waals surface area contributed by atoms with Crippen molar-refractivity contribution in [2.45, 2.75) is 13.0 Å². The van der Waals surface area contributed by atoms with E-state index >= 15 is 0 Å². The summed E-state index contributed by atoms with van der Waals surface area (Å²) in [5, 5.41) is 8.53. The van der Waals surface area contributed by atoms with Crippen molar-refractivity contribution >= 4 is 17.0 Å². The van der Waals surface area contributed by atoms with Gasteiger partial charge in [-0.15, -0.1) is 0 Å². The van der Waals surface area contributed by atoms with Gasteiger partial charge in [-0.3, -0.25) is 4.79 Å². The molecule has 1 N–H and O–H groups in total. The third-order valence-corrected chi connectivity index (χ3v) is 2.17. The molecule has 78 valence electrons. The summed E-state index contributed by atoms with van der Waals surface area (Å²) >= 11 is 0. The first kappa shape index (κ1) is 9.64. The summed E-state index contributed by atoms with van der Waals surface area (Å²) in [6.45, 7) is 0.301. The van der Waals surface area contributed by atoms with Crippen molar-refractivity contribution in [1.82, 2.24) is 9.55 Å². The lowest BCUT2D eigenvalue weighted by atomic mass is 10.3. The van der Waals surface area contributed by atoms with Gasteiger partial charge in [-0.25, -0.2) is 9.37 Å². The number of hydrogen-bond donors (Lipinski definition) is 1. The highest BCUT2D eigenvalue weighted by Crippen LogP contribution is 2.16. The van der Waals surface area contributed by atoms with Crippen LogP contribution in [0.2, 0.25) is 0 Å². The Kier molecular flexibility index (Phi) is 2.37. The van der Waals surface area contributed by atoms with Crippen molar-refractivity contribution in [1.29, 1.82) is 0 Å². The van der Waals surface area contributed by atoms with Crippen molar-refractivity contribution in [3.05, 3.63) is 30.3 Å². The van der Waals surface area contributed by atoms with Crippen LogP contribution >= 0.6 is 0 Å². The zero-order chi connectivity index (χ0) is 10.8. The molecule has 0 spiro atoms. The van der Waals surface area contributed by atoms with E-state index < -0.39 is 5.97 Å². The van der Waals surface area contributed by atoms with E-state index in [1.165, 1.54) is 12.4 Å². The summed E-state index contributed by atoms with van der Waals surface area (Å²) in [5.74, 6) is -1.27. The third kappa shape index (κ3) is 1.81. The Morgan fingerprint density at radius 2 is 2.33 bits per heavy atom. The SMILES string of the molecule is O=C(O)CCn1cnc2c(F)cccc21. The summed E-state index contributed by atoms with van der Waals surface area (Å²) in [4.78, 5) is 14.3. The number of benzene rings is 1. The maximum atomic E-state index is 13.2. The number of para-hydroxylation sites is 1. The predicted octanol–water partition coefficient (Wildman–Crippen LogP) is 1.65. The first-order valence-electron chi connectivity index (χ1n) is 4.49. The van der Waals surface area contributed by atoms with E-state index in [9.17, 15) is 9.18 Å². The molecular formula is C10H9FN2O2. The van der Waals surface area contributed by atoms with Gasteiger partial charge in [0.2, 0.25) is 0 Å². The van der Waals surface area contributed by atoms with Crippen LogP contribution in [0.4, 0.5) is 4.39 Å². The van der Waals surface area contributed by atoms with Crippen molar-refractivity contribution in [3.8, 4) is 0 Å². The Morgan fingerprint density at radius 1 is 1.53 bits per heavy atom. The number of carboxylic acid groups (broad SMARTS) is 1. The standard InChI is InChI=1S/C10H9FN2O2/c11-7-2-1-3-8-10(7)12-6-13(8)5-4-9(14)15/h1-3,6H,4-5H2,(H,14,15). The van der Waals surface area contributed by atoms with Gasteiger partial charge in [0.25, 0.3) is 0 Å². The molecule has 5 heteroatoms. The second-order valence-corrected chi connectivity index (χ2v) is 3.19. The first-order chi connectivity index (χ1) is 7.18. The summed E-state index contributed by atoms with van der Waals surface area (Å²) in [6.07, 6.45) is 1.46. The molecule has 4 nitrogen and oxygen atoms in total. The Balaban J connectivity index is 2.37. The third-order valence-electron chi connectivity index (χ3n) is 2.17. The average molecular weight is 208 g/mol. The van der Waals surface area contributed by atoms with Crippen LogP contribution in [0, 0.1) is 5.82 Å². The number of aryl methyl sites for hydroxylation is 1. The number of halogens is 1. The van der Waals surface area contributed by atoms with Gasteiger partial charge in [0.05, 0.1) is 18.3 Å². The summed E-state index contributed by atoms with van der Waals surface area (Å²) in [7, 11) is 0. The predicted molar refractivity (Wildman–Crippen MR) is 51.9 cm³/mol. The second kappa shape index (κ2) is 3.68. The molecule has 0 amide bonds. The Hall–Kier alpha value is -1.91. The minimum atomic E-state index is -0.881. The zero-order valence-corrected chi connectivity index (χ0v) is 7.85. The highest BCUT2D eigenvalue weighted by atomic mass is 19.1. The fraction of sp³-hybridized carbons (Fsp3) is 0.200. The van der Waals surface area contributed by atoms with Crippen molar-refractivity contribution in [3.63, 3.8) is 0 Å². The van der Waals surface area contributed by atoms with E-state index in [-0.39, 0.29) is 17.8 Å². The molecule has 0 aliphatic heterocycles. The van der Waals surface area contributed by atoms with Crippen LogP contribution in [0.3, 0.4) is 0 Å². The molecule has 15 heavy (non-hydrogen) atoms. The largest absolute Gasteiger partial charge is 0.481 e. The number of fused-ring (bicyclic) bond motifs is 1. The summed E-state index contributed by atoms with van der Waals surface area (Å²) in [6, 6.07) is 4.63. The van der Waals surface area contributed by atoms with Gasteiger partial charge in [-0.2, -0.15) is 0 Å². The van der Waals surface area contributed by atoms with Gasteiger partial charge in [0.1, 0.15) is 5.52 Å². The minimum absolute atomic E-state index is 0.00196. The highest BCUT2D eigenvalue weighted by Gasteiger charge is 2.07. The van der Waals surface area contributed by atoms with Gasteiger partial charge < -0.3 is 9.67 Å². The minimum Gasteiger partial charge on any atom is -0.481 e. The molecule has 0 saturated carbocycles. The Morgan fingerprint density at radius 3 is 3.07 bits per heavy atom. The lowest BCUT2D eigenvalue weighted by Gasteiger charge is -2.00. The molecule has 2 aromatic rings. The normalized spacial score (nSPS) is 10.7. The number of aliphatic carboxylic acids is 1. The number of hydrogen-bond acceptors (Lipinski definition) is 2. The molecular weight excluding hydrogens is 199 g/mol. The number of aromatic nitrogens is 2. The van der Waals surface area contributed by atoms with Gasteiger partial charge >= 0.3 is 5.97 Å². The molecule has 2 rings (SSSR count). The van der Waals surface area contributed by atoms with Crippen molar-refractivity contribution in [2.75, 3.05) is 0 Å². The topological polar surface area (TPSA) is 55.1 Å². The molecule has 0 saturated heterocycles. The van der Waals surface area contributed by atoms with E-state index in [1.54, 1.807) is 16.7 Å². The Labute approximate surface area is 85.0 Å². The first-order valence-corrected chi connectivity index (χ1v) is 4.49. The molecule has 0 aliphatic carbocycles. The monoisotopic (exact) mass is 208 g/mol. The molecule has 1 aromatic carbocycles. The fourth-order valence-corrected chi connectivity index (χ4v) is 1.45. The molecule has 0 unspecified atom stereocenters. The molecule has 0 aliphatic rings. The lowest BCUT2D eigenvalue weighted by Crippen LogP contribution is -2.03. The van der Waals surface area contributed by atoms with Gasteiger partial charge in [0.15, 0.2) is 5.82 Å².